The van der Waals surface area contributed by atoms with Crippen LogP contribution in [0.25, 0.3) is 0 Å². The molecule has 2 aromatic rings. The lowest BCUT2D eigenvalue weighted by molar-refractivity contribution is 0.414. The van der Waals surface area contributed by atoms with Crippen molar-refractivity contribution in [3.8, 4) is 5.75 Å². The highest BCUT2D eigenvalue weighted by Gasteiger charge is 2.49. The van der Waals surface area contributed by atoms with Crippen LogP contribution in [0.1, 0.15) is 11.1 Å². The van der Waals surface area contributed by atoms with Gasteiger partial charge in [0.1, 0.15) is 11.6 Å². The van der Waals surface area contributed by atoms with Crippen molar-refractivity contribution < 1.29 is 4.74 Å². The molecule has 1 unspecified atom stereocenters. The molecule has 0 bridgehead atoms. The fourth-order valence-corrected chi connectivity index (χ4v) is 3.76. The smallest absolute Gasteiger partial charge is 0.198 e. The van der Waals surface area contributed by atoms with Crippen LogP contribution in [0.3, 0.4) is 0 Å². The van der Waals surface area contributed by atoms with Gasteiger partial charge >= 0.3 is 0 Å². The Kier molecular flexibility index (Phi) is 3.57. The summed E-state index contributed by atoms with van der Waals surface area (Å²) >= 11 is 3.56. The van der Waals surface area contributed by atoms with Crippen LogP contribution in [0.5, 0.6) is 5.75 Å². The minimum Gasteiger partial charge on any atom is -0.497 e. The quantitative estimate of drug-likeness (QED) is 0.884. The number of ether oxygens (including phenoxy) is 1. The molecule has 6 heteroatoms. The Hall–Kier alpha value is -2.34. The van der Waals surface area contributed by atoms with Gasteiger partial charge in [-0.3, -0.25) is 9.89 Å². The van der Waals surface area contributed by atoms with Crippen LogP contribution < -0.4 is 10.5 Å². The molecule has 2 heterocycles. The third-order valence-corrected chi connectivity index (χ3v) is 4.97. The molecule has 1 atom stereocenters. The lowest BCUT2D eigenvalue weighted by atomic mass is 9.82. The number of aliphatic imine (C=N–C) groups is 2. The third kappa shape index (κ3) is 2.13. The number of methoxy groups -OCH3 is 1. The molecule has 122 valence electrons. The molecule has 4 rings (SSSR count). The molecule has 0 spiro atoms. The molecule has 24 heavy (non-hydrogen) atoms. The highest BCUT2D eigenvalue weighted by Crippen LogP contribution is 2.42. The van der Waals surface area contributed by atoms with Gasteiger partial charge in [0.05, 0.1) is 13.7 Å². The molecular weight excluding hydrogens is 368 g/mol. The Morgan fingerprint density at radius 3 is 2.67 bits per heavy atom. The maximum atomic E-state index is 6.22. The van der Waals surface area contributed by atoms with Crippen molar-refractivity contribution in [2.45, 2.75) is 5.54 Å². The predicted molar refractivity (Wildman–Crippen MR) is 98.5 cm³/mol. The van der Waals surface area contributed by atoms with E-state index in [1.165, 1.54) is 0 Å². The summed E-state index contributed by atoms with van der Waals surface area (Å²) in [5.41, 5.74) is 7.57. The lowest BCUT2D eigenvalue weighted by Gasteiger charge is -2.28. The van der Waals surface area contributed by atoms with E-state index in [-0.39, 0.29) is 0 Å². The van der Waals surface area contributed by atoms with E-state index in [9.17, 15) is 0 Å². The van der Waals surface area contributed by atoms with E-state index in [1.54, 1.807) is 7.11 Å². The van der Waals surface area contributed by atoms with Gasteiger partial charge in [-0.15, -0.1) is 0 Å². The number of benzene rings is 2. The van der Waals surface area contributed by atoms with Crippen molar-refractivity contribution in [3.63, 3.8) is 0 Å². The fraction of sp³-hybridized carbons (Fsp3) is 0.222. The van der Waals surface area contributed by atoms with Crippen LogP contribution in [0, 0.1) is 0 Å². The zero-order chi connectivity index (χ0) is 16.7. The Labute approximate surface area is 149 Å². The van der Waals surface area contributed by atoms with Crippen LogP contribution in [0.15, 0.2) is 63.0 Å². The van der Waals surface area contributed by atoms with Crippen LogP contribution in [-0.4, -0.2) is 36.9 Å². The van der Waals surface area contributed by atoms with E-state index in [0.29, 0.717) is 5.96 Å². The highest BCUT2D eigenvalue weighted by molar-refractivity contribution is 9.10. The molecule has 2 N–H and O–H groups in total. The first kappa shape index (κ1) is 15.2. The van der Waals surface area contributed by atoms with Crippen molar-refractivity contribution >= 4 is 27.7 Å². The number of guanidine groups is 1. The summed E-state index contributed by atoms with van der Waals surface area (Å²) in [6.07, 6.45) is 0. The van der Waals surface area contributed by atoms with Crippen molar-refractivity contribution in [1.29, 1.82) is 0 Å². The molecule has 2 aliphatic heterocycles. The fourth-order valence-electron chi connectivity index (χ4n) is 3.36. The summed E-state index contributed by atoms with van der Waals surface area (Å²) in [5.74, 6) is 2.22. The Balaban J connectivity index is 1.96. The highest BCUT2D eigenvalue weighted by atomic mass is 79.9. The molecule has 0 aromatic heterocycles. The monoisotopic (exact) mass is 384 g/mol. The molecule has 0 saturated carbocycles. The molecular formula is C18H17BrN4O. The second-order valence-corrected chi connectivity index (χ2v) is 6.69. The molecule has 0 radical (unpaired) electrons. The number of halogens is 1. The number of amidine groups is 1. The molecule has 5 nitrogen and oxygen atoms in total. The van der Waals surface area contributed by atoms with Gasteiger partial charge in [-0.05, 0) is 35.4 Å². The maximum Gasteiger partial charge on any atom is 0.198 e. The summed E-state index contributed by atoms with van der Waals surface area (Å²) in [5, 5.41) is 0. The van der Waals surface area contributed by atoms with Gasteiger partial charge in [-0.2, -0.15) is 0 Å². The van der Waals surface area contributed by atoms with Crippen LogP contribution in [-0.2, 0) is 5.54 Å². The first-order chi connectivity index (χ1) is 11.6. The van der Waals surface area contributed by atoms with E-state index in [0.717, 1.165) is 40.3 Å². The van der Waals surface area contributed by atoms with Gasteiger partial charge < -0.3 is 10.5 Å². The second-order valence-electron chi connectivity index (χ2n) is 5.78. The van der Waals surface area contributed by atoms with Gasteiger partial charge in [0.25, 0.3) is 0 Å². The summed E-state index contributed by atoms with van der Waals surface area (Å²) in [7, 11) is 1.66. The Bertz CT molecular complexity index is 846. The summed E-state index contributed by atoms with van der Waals surface area (Å²) in [6.45, 7) is 1.51. The third-order valence-electron chi connectivity index (χ3n) is 4.47. The number of nitrogens with zero attached hydrogens (tertiary/aromatic N) is 3. The Morgan fingerprint density at radius 1 is 1.17 bits per heavy atom. The zero-order valence-corrected chi connectivity index (χ0v) is 14.8. The Morgan fingerprint density at radius 2 is 1.96 bits per heavy atom. The molecule has 0 fully saturated rings. The summed E-state index contributed by atoms with van der Waals surface area (Å²) in [4.78, 5) is 11.6. The van der Waals surface area contributed by atoms with Crippen LogP contribution in [0.2, 0.25) is 0 Å². The van der Waals surface area contributed by atoms with E-state index in [2.05, 4.69) is 28.1 Å². The van der Waals surface area contributed by atoms with Crippen molar-refractivity contribution in [1.82, 2.24) is 4.90 Å². The normalized spacial score (nSPS) is 22.2. The largest absolute Gasteiger partial charge is 0.497 e. The van der Waals surface area contributed by atoms with Crippen LogP contribution in [0.4, 0.5) is 0 Å². The van der Waals surface area contributed by atoms with E-state index in [1.807, 2.05) is 41.3 Å². The van der Waals surface area contributed by atoms with Crippen molar-refractivity contribution in [2.75, 3.05) is 20.2 Å². The zero-order valence-electron chi connectivity index (χ0n) is 13.2. The number of fused-ring (bicyclic) bond motifs is 1. The average molecular weight is 385 g/mol. The first-order valence-corrected chi connectivity index (χ1v) is 8.53. The minimum absolute atomic E-state index is 0.516. The summed E-state index contributed by atoms with van der Waals surface area (Å²) in [6, 6.07) is 16.1. The van der Waals surface area contributed by atoms with Gasteiger partial charge in [0, 0.05) is 11.0 Å². The van der Waals surface area contributed by atoms with Gasteiger partial charge in [0.2, 0.25) is 0 Å². The number of nitrogens with two attached hydrogens (primary N) is 1. The van der Waals surface area contributed by atoms with Gasteiger partial charge in [0.15, 0.2) is 11.5 Å². The average Bonchev–Trinajstić information content (AvgIpc) is 3.19. The number of hydrogen-bond donors (Lipinski definition) is 1. The number of hydrogen-bond acceptors (Lipinski definition) is 5. The molecule has 0 aliphatic carbocycles. The van der Waals surface area contributed by atoms with E-state index in [4.69, 9.17) is 20.5 Å². The number of rotatable bonds is 3. The molecule has 2 aliphatic rings. The van der Waals surface area contributed by atoms with Crippen molar-refractivity contribution in [3.05, 3.63) is 64.1 Å². The lowest BCUT2D eigenvalue weighted by Crippen LogP contribution is -2.41. The van der Waals surface area contributed by atoms with Crippen molar-refractivity contribution in [2.24, 2.45) is 15.7 Å². The standard InChI is InChI=1S/C18H17BrN4O/c1-24-15-7-5-12(6-8-15)18(13-3-2-4-14(19)11-13)16-21-9-10-23(16)17(20)22-18/h2-8,11H,9-10H2,1H3,(H2,20,22). The maximum absolute atomic E-state index is 6.22. The minimum atomic E-state index is -0.712. The second kappa shape index (κ2) is 5.63. The van der Waals surface area contributed by atoms with Gasteiger partial charge in [-0.25, -0.2) is 4.99 Å². The van der Waals surface area contributed by atoms with E-state index >= 15 is 0 Å². The SMILES string of the molecule is COc1ccc(C2(c3cccc(Br)c3)N=C(N)N3CCN=C32)cc1. The topological polar surface area (TPSA) is 63.2 Å². The molecule has 2 aromatic carbocycles. The van der Waals surface area contributed by atoms with Gasteiger partial charge in [-0.1, -0.05) is 40.2 Å². The van der Waals surface area contributed by atoms with Crippen LogP contribution >= 0.6 is 15.9 Å². The molecule has 0 amide bonds. The molecule has 0 saturated heterocycles. The predicted octanol–water partition coefficient (Wildman–Crippen LogP) is 2.74. The van der Waals surface area contributed by atoms with E-state index < -0.39 is 5.54 Å². The first-order valence-electron chi connectivity index (χ1n) is 7.73. The summed E-state index contributed by atoms with van der Waals surface area (Å²) < 4.78 is 6.29.